The molecule has 0 amide bonds. The maximum atomic E-state index is 13.5. The van der Waals surface area contributed by atoms with Crippen LogP contribution in [-0.2, 0) is 11.3 Å². The molecule has 0 unspecified atom stereocenters. The first kappa shape index (κ1) is 14.9. The SMILES string of the molecule is COC(=O)c1ccc(NCc2ccc(F)cc2F)nc1C. The molecule has 0 aliphatic rings. The number of hydrogen-bond acceptors (Lipinski definition) is 4. The first-order chi connectivity index (χ1) is 10.0. The van der Waals surface area contributed by atoms with E-state index in [4.69, 9.17) is 0 Å². The molecular formula is C15H14F2N2O2. The number of halogens is 2. The molecule has 0 radical (unpaired) electrons. The summed E-state index contributed by atoms with van der Waals surface area (Å²) in [5.74, 6) is -1.21. The second-order valence-electron chi connectivity index (χ2n) is 4.41. The Labute approximate surface area is 120 Å². The number of aromatic nitrogens is 1. The molecule has 0 aliphatic carbocycles. The molecule has 1 aromatic heterocycles. The Kier molecular flexibility index (Phi) is 4.47. The van der Waals surface area contributed by atoms with Gasteiger partial charge in [-0.3, -0.25) is 0 Å². The summed E-state index contributed by atoms with van der Waals surface area (Å²) < 4.78 is 30.9. The number of carbonyl (C=O) groups is 1. The fourth-order valence-corrected chi connectivity index (χ4v) is 1.84. The van der Waals surface area contributed by atoms with Crippen molar-refractivity contribution in [3.05, 3.63) is 58.8 Å². The van der Waals surface area contributed by atoms with E-state index >= 15 is 0 Å². The minimum Gasteiger partial charge on any atom is -0.465 e. The molecule has 4 nitrogen and oxygen atoms in total. The summed E-state index contributed by atoms with van der Waals surface area (Å²) in [6, 6.07) is 6.57. The average Bonchev–Trinajstić information content (AvgIpc) is 2.45. The molecule has 0 saturated carbocycles. The van der Waals surface area contributed by atoms with Gasteiger partial charge in [-0.1, -0.05) is 6.07 Å². The highest BCUT2D eigenvalue weighted by molar-refractivity contribution is 5.90. The van der Waals surface area contributed by atoms with E-state index in [0.717, 1.165) is 6.07 Å². The standard InChI is InChI=1S/C15H14F2N2O2/c1-9-12(15(20)21-2)5-6-14(19-9)18-8-10-3-4-11(16)7-13(10)17/h3-7H,8H2,1-2H3,(H,18,19). The normalized spacial score (nSPS) is 10.3. The van der Waals surface area contributed by atoms with Crippen LogP contribution in [0.5, 0.6) is 0 Å². The molecule has 0 atom stereocenters. The van der Waals surface area contributed by atoms with Gasteiger partial charge in [0, 0.05) is 18.2 Å². The van der Waals surface area contributed by atoms with E-state index in [2.05, 4.69) is 15.0 Å². The van der Waals surface area contributed by atoms with E-state index in [-0.39, 0.29) is 6.54 Å². The number of carbonyl (C=O) groups excluding carboxylic acids is 1. The number of ether oxygens (including phenoxy) is 1. The van der Waals surface area contributed by atoms with E-state index in [0.29, 0.717) is 22.6 Å². The fraction of sp³-hybridized carbons (Fsp3) is 0.200. The molecule has 6 heteroatoms. The molecule has 0 fully saturated rings. The average molecular weight is 292 g/mol. The lowest BCUT2D eigenvalue weighted by Gasteiger charge is -2.09. The Hall–Kier alpha value is -2.50. The van der Waals surface area contributed by atoms with Crippen LogP contribution in [0.3, 0.4) is 0 Å². The number of anilines is 1. The maximum Gasteiger partial charge on any atom is 0.339 e. The van der Waals surface area contributed by atoms with E-state index in [9.17, 15) is 13.6 Å². The van der Waals surface area contributed by atoms with Crippen LogP contribution in [0.4, 0.5) is 14.6 Å². The monoisotopic (exact) mass is 292 g/mol. The maximum absolute atomic E-state index is 13.5. The van der Waals surface area contributed by atoms with Gasteiger partial charge in [0.2, 0.25) is 0 Å². The summed E-state index contributed by atoms with van der Waals surface area (Å²) in [5.41, 5.74) is 1.20. The Morgan fingerprint density at radius 1 is 1.29 bits per heavy atom. The molecule has 0 aliphatic heterocycles. The quantitative estimate of drug-likeness (QED) is 0.880. The van der Waals surface area contributed by atoms with Crippen molar-refractivity contribution in [1.29, 1.82) is 0 Å². The molecule has 1 aromatic carbocycles. The number of esters is 1. The van der Waals surface area contributed by atoms with Gasteiger partial charge < -0.3 is 10.1 Å². The number of rotatable bonds is 4. The van der Waals surface area contributed by atoms with Crippen LogP contribution in [0, 0.1) is 18.6 Å². The van der Waals surface area contributed by atoms with Crippen molar-refractivity contribution >= 4 is 11.8 Å². The van der Waals surface area contributed by atoms with E-state index in [1.54, 1.807) is 19.1 Å². The van der Waals surface area contributed by atoms with Gasteiger partial charge in [-0.15, -0.1) is 0 Å². The second-order valence-corrected chi connectivity index (χ2v) is 4.41. The van der Waals surface area contributed by atoms with Crippen LogP contribution < -0.4 is 5.32 Å². The predicted molar refractivity (Wildman–Crippen MR) is 74.0 cm³/mol. The van der Waals surface area contributed by atoms with Gasteiger partial charge in [0.15, 0.2) is 0 Å². The van der Waals surface area contributed by atoms with E-state index in [1.807, 2.05) is 0 Å². The van der Waals surface area contributed by atoms with Crippen LogP contribution in [0.2, 0.25) is 0 Å². The van der Waals surface area contributed by atoms with Gasteiger partial charge in [-0.2, -0.15) is 0 Å². The lowest BCUT2D eigenvalue weighted by molar-refractivity contribution is 0.0599. The molecule has 0 spiro atoms. The molecule has 0 bridgehead atoms. The third kappa shape index (κ3) is 3.53. The number of benzene rings is 1. The van der Waals surface area contributed by atoms with E-state index < -0.39 is 17.6 Å². The number of pyridine rings is 1. The number of aryl methyl sites for hydroxylation is 1. The van der Waals surface area contributed by atoms with Crippen molar-refractivity contribution in [1.82, 2.24) is 4.98 Å². The number of hydrogen-bond donors (Lipinski definition) is 1. The molecule has 1 N–H and O–H groups in total. The highest BCUT2D eigenvalue weighted by Gasteiger charge is 2.11. The second kappa shape index (κ2) is 6.30. The number of nitrogens with zero attached hydrogens (tertiary/aromatic N) is 1. The first-order valence-corrected chi connectivity index (χ1v) is 6.25. The summed E-state index contributed by atoms with van der Waals surface area (Å²) >= 11 is 0. The summed E-state index contributed by atoms with van der Waals surface area (Å²) in [7, 11) is 1.30. The van der Waals surface area contributed by atoms with Gasteiger partial charge in [0.05, 0.1) is 18.4 Å². The number of nitrogens with one attached hydrogen (secondary N) is 1. The summed E-state index contributed by atoms with van der Waals surface area (Å²) in [6.45, 7) is 1.84. The lowest BCUT2D eigenvalue weighted by Crippen LogP contribution is -2.08. The van der Waals surface area contributed by atoms with Crippen LogP contribution in [0.25, 0.3) is 0 Å². The van der Waals surface area contributed by atoms with Crippen molar-refractivity contribution in [3.63, 3.8) is 0 Å². The van der Waals surface area contributed by atoms with Crippen LogP contribution >= 0.6 is 0 Å². The third-order valence-corrected chi connectivity index (χ3v) is 2.97. The molecule has 2 aromatic rings. The molecule has 2 rings (SSSR count). The zero-order chi connectivity index (χ0) is 15.4. The van der Waals surface area contributed by atoms with Gasteiger partial charge >= 0.3 is 5.97 Å². The smallest absolute Gasteiger partial charge is 0.339 e. The van der Waals surface area contributed by atoms with Crippen LogP contribution in [-0.4, -0.2) is 18.1 Å². The van der Waals surface area contributed by atoms with Crippen LogP contribution in [0.15, 0.2) is 30.3 Å². The van der Waals surface area contributed by atoms with Gasteiger partial charge in [0.25, 0.3) is 0 Å². The molecular weight excluding hydrogens is 278 g/mol. The van der Waals surface area contributed by atoms with Crippen molar-refractivity contribution in [2.24, 2.45) is 0 Å². The van der Waals surface area contributed by atoms with Crippen molar-refractivity contribution < 1.29 is 18.3 Å². The van der Waals surface area contributed by atoms with E-state index in [1.165, 1.54) is 19.2 Å². The minimum absolute atomic E-state index is 0.163. The lowest BCUT2D eigenvalue weighted by atomic mass is 10.2. The zero-order valence-electron chi connectivity index (χ0n) is 11.6. The summed E-state index contributed by atoms with van der Waals surface area (Å²) in [4.78, 5) is 15.6. The Morgan fingerprint density at radius 3 is 2.67 bits per heavy atom. The van der Waals surface area contributed by atoms with Crippen molar-refractivity contribution in [2.75, 3.05) is 12.4 Å². The fourth-order valence-electron chi connectivity index (χ4n) is 1.84. The largest absolute Gasteiger partial charge is 0.465 e. The van der Waals surface area contributed by atoms with Crippen LogP contribution in [0.1, 0.15) is 21.6 Å². The minimum atomic E-state index is -0.620. The molecule has 21 heavy (non-hydrogen) atoms. The molecule has 110 valence electrons. The third-order valence-electron chi connectivity index (χ3n) is 2.97. The van der Waals surface area contributed by atoms with Crippen molar-refractivity contribution in [2.45, 2.75) is 13.5 Å². The summed E-state index contributed by atoms with van der Waals surface area (Å²) in [5, 5.41) is 2.92. The highest BCUT2D eigenvalue weighted by atomic mass is 19.1. The highest BCUT2D eigenvalue weighted by Crippen LogP contribution is 2.14. The van der Waals surface area contributed by atoms with Gasteiger partial charge in [-0.25, -0.2) is 18.6 Å². The topological polar surface area (TPSA) is 51.2 Å². The molecule has 1 heterocycles. The van der Waals surface area contributed by atoms with Gasteiger partial charge in [-0.05, 0) is 25.1 Å². The van der Waals surface area contributed by atoms with Gasteiger partial charge in [0.1, 0.15) is 17.5 Å². The number of methoxy groups -OCH3 is 1. The molecule has 0 saturated heterocycles. The van der Waals surface area contributed by atoms with Crippen molar-refractivity contribution in [3.8, 4) is 0 Å². The Bertz CT molecular complexity index is 675. The Morgan fingerprint density at radius 2 is 2.05 bits per heavy atom. The first-order valence-electron chi connectivity index (χ1n) is 6.25. The Balaban J connectivity index is 2.10. The predicted octanol–water partition coefficient (Wildman–Crippen LogP) is 3.07. The summed E-state index contributed by atoms with van der Waals surface area (Å²) in [6.07, 6.45) is 0. The zero-order valence-corrected chi connectivity index (χ0v) is 11.6.